The highest BCUT2D eigenvalue weighted by Crippen LogP contribution is 2.23. The number of carbonyl (C=O) groups is 1. The van der Waals surface area contributed by atoms with Gasteiger partial charge < -0.3 is 15.1 Å². The molecule has 0 aliphatic heterocycles. The number of nitro benzene ring substituents is 1. The molecule has 26 heavy (non-hydrogen) atoms. The van der Waals surface area contributed by atoms with Crippen LogP contribution in [-0.4, -0.2) is 38.0 Å². The zero-order valence-electron chi connectivity index (χ0n) is 15.5. The first-order valence-electron chi connectivity index (χ1n) is 8.42. The van der Waals surface area contributed by atoms with E-state index in [2.05, 4.69) is 5.32 Å². The summed E-state index contributed by atoms with van der Waals surface area (Å²) in [6.07, 6.45) is 0. The lowest BCUT2D eigenvalue weighted by Gasteiger charge is -2.21. The average Bonchev–Trinajstić information content (AvgIpc) is 2.61. The maximum absolute atomic E-state index is 12.5. The van der Waals surface area contributed by atoms with Crippen molar-refractivity contribution < 1.29 is 14.6 Å². The van der Waals surface area contributed by atoms with Gasteiger partial charge in [0.05, 0.1) is 12.0 Å². The number of benzene rings is 2. The number of nitro groups is 1. The van der Waals surface area contributed by atoms with Crippen molar-refractivity contribution in [2.45, 2.75) is 19.5 Å². The quantitative estimate of drug-likeness (QED) is 0.584. The summed E-state index contributed by atoms with van der Waals surface area (Å²) in [5.74, 6) is -0.248. The zero-order valence-corrected chi connectivity index (χ0v) is 15.5. The van der Waals surface area contributed by atoms with Gasteiger partial charge in [0.1, 0.15) is 12.2 Å². The number of rotatable bonds is 7. The summed E-state index contributed by atoms with van der Waals surface area (Å²) in [6, 6.07) is 14.0. The minimum Gasteiger partial charge on any atom is -0.378 e. The van der Waals surface area contributed by atoms with Crippen LogP contribution in [0, 0.1) is 10.1 Å². The smallest absolute Gasteiger partial charge is 0.292 e. The van der Waals surface area contributed by atoms with E-state index in [0.717, 1.165) is 16.2 Å². The number of likely N-dealkylation sites (N-methyl/N-ethyl adjacent to an activating group) is 1. The van der Waals surface area contributed by atoms with E-state index in [-0.39, 0.29) is 23.3 Å². The van der Waals surface area contributed by atoms with E-state index in [4.69, 9.17) is 0 Å². The summed E-state index contributed by atoms with van der Waals surface area (Å²) in [7, 11) is 5.91. The third-order valence-corrected chi connectivity index (χ3v) is 4.43. The zero-order chi connectivity index (χ0) is 19.3. The number of hydrogen-bond acceptors (Lipinski definition) is 4. The van der Waals surface area contributed by atoms with Crippen LogP contribution < -0.4 is 15.1 Å². The van der Waals surface area contributed by atoms with E-state index >= 15 is 0 Å². The fourth-order valence-electron chi connectivity index (χ4n) is 2.59. The molecule has 7 heteroatoms. The lowest BCUT2D eigenvalue weighted by molar-refractivity contribution is -0.907. The van der Waals surface area contributed by atoms with Gasteiger partial charge in [-0.1, -0.05) is 24.3 Å². The number of hydrogen-bond donors (Lipinski definition) is 2. The molecular weight excluding hydrogens is 332 g/mol. The minimum absolute atomic E-state index is 0.107. The van der Waals surface area contributed by atoms with Gasteiger partial charge in [-0.15, -0.1) is 0 Å². The molecule has 0 heterocycles. The van der Waals surface area contributed by atoms with Crippen LogP contribution in [0.5, 0.6) is 0 Å². The van der Waals surface area contributed by atoms with Crippen LogP contribution in [0.3, 0.4) is 0 Å². The number of amides is 1. The van der Waals surface area contributed by atoms with Crippen molar-refractivity contribution in [1.82, 2.24) is 0 Å². The molecule has 2 aromatic carbocycles. The van der Waals surface area contributed by atoms with Gasteiger partial charge in [-0.25, -0.2) is 0 Å². The molecule has 0 fully saturated rings. The Kier molecular flexibility index (Phi) is 6.30. The molecule has 0 spiro atoms. The predicted octanol–water partition coefficient (Wildman–Crippen LogP) is 1.70. The topological polar surface area (TPSA) is 79.9 Å². The van der Waals surface area contributed by atoms with Gasteiger partial charge in [-0.3, -0.25) is 14.9 Å². The molecule has 0 saturated carbocycles. The Bertz CT molecular complexity index is 775. The van der Waals surface area contributed by atoms with E-state index < -0.39 is 4.92 Å². The third-order valence-electron chi connectivity index (χ3n) is 4.43. The van der Waals surface area contributed by atoms with Crippen molar-refractivity contribution in [3.8, 4) is 0 Å². The SMILES string of the molecule is C[C@@H](C(=O)Nc1ccccc1[N+](=O)[O-])[NH+](C)Cc1ccc(N(C)C)cc1. The molecule has 0 aliphatic carbocycles. The largest absolute Gasteiger partial charge is 0.378 e. The van der Waals surface area contributed by atoms with Gasteiger partial charge in [0, 0.05) is 31.4 Å². The lowest BCUT2D eigenvalue weighted by Crippen LogP contribution is -3.12. The molecule has 0 saturated heterocycles. The van der Waals surface area contributed by atoms with E-state index in [1.54, 1.807) is 12.1 Å². The summed E-state index contributed by atoms with van der Waals surface area (Å²) in [5, 5.41) is 13.7. The molecule has 0 aromatic heterocycles. The van der Waals surface area contributed by atoms with E-state index in [9.17, 15) is 14.9 Å². The van der Waals surface area contributed by atoms with Crippen LogP contribution in [-0.2, 0) is 11.3 Å². The summed E-state index contributed by atoms with van der Waals surface area (Å²) in [5.41, 5.74) is 2.36. The molecule has 0 radical (unpaired) electrons. The Labute approximate surface area is 153 Å². The molecule has 2 rings (SSSR count). The van der Waals surface area contributed by atoms with E-state index in [1.165, 1.54) is 12.1 Å². The highest BCUT2D eigenvalue weighted by atomic mass is 16.6. The van der Waals surface area contributed by atoms with Crippen LogP contribution in [0.4, 0.5) is 17.1 Å². The van der Waals surface area contributed by atoms with Crippen molar-refractivity contribution in [1.29, 1.82) is 0 Å². The van der Waals surface area contributed by atoms with Gasteiger partial charge in [0.2, 0.25) is 0 Å². The summed E-state index contributed by atoms with van der Waals surface area (Å²) >= 11 is 0. The van der Waals surface area contributed by atoms with Crippen LogP contribution in [0.2, 0.25) is 0 Å². The van der Waals surface area contributed by atoms with Gasteiger partial charge in [0.25, 0.3) is 11.6 Å². The average molecular weight is 357 g/mol. The lowest BCUT2D eigenvalue weighted by atomic mass is 10.1. The van der Waals surface area contributed by atoms with Crippen LogP contribution >= 0.6 is 0 Å². The Morgan fingerprint density at radius 3 is 2.38 bits per heavy atom. The molecule has 1 amide bonds. The molecule has 2 N–H and O–H groups in total. The van der Waals surface area contributed by atoms with Gasteiger partial charge in [-0.05, 0) is 25.1 Å². The summed E-state index contributed by atoms with van der Waals surface area (Å²) < 4.78 is 0. The highest BCUT2D eigenvalue weighted by Gasteiger charge is 2.24. The first-order chi connectivity index (χ1) is 12.3. The monoisotopic (exact) mass is 357 g/mol. The molecular formula is C19H25N4O3+. The first kappa shape index (κ1) is 19.4. The number of nitrogens with one attached hydrogen (secondary N) is 2. The molecule has 1 unspecified atom stereocenters. The number of nitrogens with zero attached hydrogens (tertiary/aromatic N) is 2. The Balaban J connectivity index is 2.02. The van der Waals surface area contributed by atoms with Crippen molar-refractivity contribution in [2.24, 2.45) is 0 Å². The van der Waals surface area contributed by atoms with E-state index in [1.807, 2.05) is 57.2 Å². The normalized spacial score (nSPS) is 12.9. The number of para-hydroxylation sites is 2. The fraction of sp³-hybridized carbons (Fsp3) is 0.316. The second-order valence-corrected chi connectivity index (χ2v) is 6.57. The molecule has 2 aromatic rings. The van der Waals surface area contributed by atoms with Gasteiger partial charge >= 0.3 is 0 Å². The Hall–Kier alpha value is -2.93. The molecule has 0 aliphatic rings. The second-order valence-electron chi connectivity index (χ2n) is 6.57. The van der Waals surface area contributed by atoms with E-state index in [0.29, 0.717) is 6.54 Å². The number of quaternary nitrogens is 1. The molecule has 0 bridgehead atoms. The predicted molar refractivity (Wildman–Crippen MR) is 103 cm³/mol. The molecule has 138 valence electrons. The number of carbonyl (C=O) groups excluding carboxylic acids is 1. The molecule has 7 nitrogen and oxygen atoms in total. The van der Waals surface area contributed by atoms with Crippen molar-refractivity contribution in [3.05, 3.63) is 64.2 Å². The maximum atomic E-state index is 12.5. The fourth-order valence-corrected chi connectivity index (χ4v) is 2.59. The van der Waals surface area contributed by atoms with Gasteiger partial charge in [-0.2, -0.15) is 0 Å². The first-order valence-corrected chi connectivity index (χ1v) is 8.42. The van der Waals surface area contributed by atoms with Crippen molar-refractivity contribution in [2.75, 3.05) is 31.4 Å². The van der Waals surface area contributed by atoms with Crippen LogP contribution in [0.15, 0.2) is 48.5 Å². The van der Waals surface area contributed by atoms with Gasteiger partial charge in [0.15, 0.2) is 6.04 Å². The minimum atomic E-state index is -0.497. The second kappa shape index (κ2) is 8.44. The molecule has 2 atom stereocenters. The standard InChI is InChI=1S/C19H24N4O3/c1-14(19(24)20-17-7-5-6-8-18(17)23(25)26)22(4)13-15-9-11-16(12-10-15)21(2)3/h5-12,14H,13H2,1-4H3,(H,20,24)/p+1/t14-/m0/s1. The number of anilines is 2. The summed E-state index contributed by atoms with van der Waals surface area (Å²) in [6.45, 7) is 2.49. The van der Waals surface area contributed by atoms with Crippen LogP contribution in [0.25, 0.3) is 0 Å². The van der Waals surface area contributed by atoms with Crippen molar-refractivity contribution >= 4 is 23.0 Å². The third kappa shape index (κ3) is 4.80. The highest BCUT2D eigenvalue weighted by molar-refractivity contribution is 5.95. The summed E-state index contributed by atoms with van der Waals surface area (Å²) in [4.78, 5) is 26.1. The maximum Gasteiger partial charge on any atom is 0.292 e. The van der Waals surface area contributed by atoms with Crippen molar-refractivity contribution in [3.63, 3.8) is 0 Å². The van der Waals surface area contributed by atoms with Crippen LogP contribution in [0.1, 0.15) is 12.5 Å². The Morgan fingerprint density at radius 2 is 1.81 bits per heavy atom. The Morgan fingerprint density at radius 1 is 1.19 bits per heavy atom.